The Kier molecular flexibility index (Phi) is 7.50. The molecular formula is C28H27N3O3. The molecular weight excluding hydrogens is 426 g/mol. The van der Waals surface area contributed by atoms with Crippen LogP contribution in [0.1, 0.15) is 23.5 Å². The monoisotopic (exact) mass is 453 g/mol. The van der Waals surface area contributed by atoms with E-state index in [4.69, 9.17) is 4.74 Å². The number of carbonyl (C=O) groups excluding carboxylic acids is 1. The molecule has 6 heteroatoms. The first-order chi connectivity index (χ1) is 16.6. The molecule has 0 saturated carbocycles. The first-order valence-corrected chi connectivity index (χ1v) is 11.2. The fourth-order valence-corrected chi connectivity index (χ4v) is 3.93. The van der Waals surface area contributed by atoms with Crippen LogP contribution in [0.15, 0.2) is 102 Å². The summed E-state index contributed by atoms with van der Waals surface area (Å²) in [4.78, 5) is 29.4. The third-order valence-corrected chi connectivity index (χ3v) is 5.74. The molecule has 0 aliphatic rings. The Morgan fingerprint density at radius 1 is 0.941 bits per heavy atom. The zero-order valence-electron chi connectivity index (χ0n) is 19.1. The van der Waals surface area contributed by atoms with Crippen molar-refractivity contribution in [2.45, 2.75) is 18.9 Å². The normalized spacial score (nSPS) is 10.8. The molecule has 4 rings (SSSR count). The molecule has 4 aromatic rings. The highest BCUT2D eigenvalue weighted by atomic mass is 16.5. The Morgan fingerprint density at radius 2 is 1.56 bits per heavy atom. The second-order valence-electron chi connectivity index (χ2n) is 7.98. The van der Waals surface area contributed by atoms with Crippen LogP contribution in [-0.4, -0.2) is 29.1 Å². The topological polar surface area (TPSA) is 73.2 Å². The summed E-state index contributed by atoms with van der Waals surface area (Å²) in [7, 11) is 1.60. The maximum absolute atomic E-state index is 12.5. The molecule has 6 nitrogen and oxygen atoms in total. The number of aromatic nitrogens is 2. The number of amides is 1. The van der Waals surface area contributed by atoms with Crippen molar-refractivity contribution < 1.29 is 9.53 Å². The van der Waals surface area contributed by atoms with Crippen LogP contribution in [0.25, 0.3) is 11.3 Å². The van der Waals surface area contributed by atoms with Crippen molar-refractivity contribution in [3.8, 4) is 17.0 Å². The van der Waals surface area contributed by atoms with Gasteiger partial charge < -0.3 is 10.1 Å². The zero-order chi connectivity index (χ0) is 23.8. The van der Waals surface area contributed by atoms with Gasteiger partial charge in [-0.15, -0.1) is 0 Å². The average molecular weight is 454 g/mol. The summed E-state index contributed by atoms with van der Waals surface area (Å²) in [6.07, 6.45) is 2.17. The summed E-state index contributed by atoms with van der Waals surface area (Å²) in [6, 6.07) is 29.3. The quantitative estimate of drug-likeness (QED) is 0.411. The maximum atomic E-state index is 12.5. The molecule has 0 atom stereocenters. The summed E-state index contributed by atoms with van der Waals surface area (Å²) >= 11 is 0. The van der Waals surface area contributed by atoms with Crippen LogP contribution < -0.4 is 15.6 Å². The maximum Gasteiger partial charge on any atom is 0.254 e. The Balaban J connectivity index is 1.37. The molecule has 172 valence electrons. The van der Waals surface area contributed by atoms with Crippen LogP contribution in [0.2, 0.25) is 0 Å². The molecule has 1 heterocycles. The van der Waals surface area contributed by atoms with Crippen molar-refractivity contribution in [2.24, 2.45) is 0 Å². The van der Waals surface area contributed by atoms with Gasteiger partial charge in [0.05, 0.1) is 19.1 Å². The molecule has 34 heavy (non-hydrogen) atoms. The number of ether oxygens (including phenoxy) is 1. The van der Waals surface area contributed by atoms with Crippen LogP contribution in [0.3, 0.4) is 0 Å². The minimum absolute atomic E-state index is 0.0733. The van der Waals surface area contributed by atoms with Crippen molar-refractivity contribution in [1.82, 2.24) is 14.9 Å². The lowest BCUT2D eigenvalue weighted by Gasteiger charge is -2.18. The third-order valence-electron chi connectivity index (χ3n) is 5.74. The lowest BCUT2D eigenvalue weighted by Crippen LogP contribution is -2.33. The van der Waals surface area contributed by atoms with E-state index in [1.165, 1.54) is 28.1 Å². The van der Waals surface area contributed by atoms with Gasteiger partial charge in [0.1, 0.15) is 12.3 Å². The fourth-order valence-electron chi connectivity index (χ4n) is 3.93. The predicted molar refractivity (Wildman–Crippen MR) is 133 cm³/mol. The lowest BCUT2D eigenvalue weighted by molar-refractivity contribution is -0.121. The molecule has 0 spiro atoms. The zero-order valence-corrected chi connectivity index (χ0v) is 19.1. The molecule has 0 fully saturated rings. The van der Waals surface area contributed by atoms with Gasteiger partial charge in [-0.05, 0) is 41.8 Å². The summed E-state index contributed by atoms with van der Waals surface area (Å²) in [6.45, 7) is 0.426. The number of rotatable bonds is 9. The van der Waals surface area contributed by atoms with Gasteiger partial charge in [0, 0.05) is 24.1 Å². The van der Waals surface area contributed by atoms with Crippen LogP contribution in [0.4, 0.5) is 0 Å². The highest BCUT2D eigenvalue weighted by Crippen LogP contribution is 2.27. The number of nitrogens with zero attached hydrogens (tertiary/aromatic N) is 2. The van der Waals surface area contributed by atoms with Gasteiger partial charge in [0.25, 0.3) is 5.56 Å². The standard InChI is InChI=1S/C28H27N3O3/c1-34-24-14-12-23(13-15-24)26-18-28(33)31(20-30-26)19-27(32)29-17-16-25(21-8-4-2-5-9-21)22-10-6-3-7-11-22/h2-15,18,20,25H,16-17,19H2,1H3,(H,29,32). The summed E-state index contributed by atoms with van der Waals surface area (Å²) in [5, 5.41) is 2.95. The molecule has 3 aromatic carbocycles. The van der Waals surface area contributed by atoms with Gasteiger partial charge in [0.15, 0.2) is 0 Å². The van der Waals surface area contributed by atoms with Gasteiger partial charge in [-0.2, -0.15) is 0 Å². The molecule has 1 N–H and O–H groups in total. The molecule has 0 aliphatic carbocycles. The third kappa shape index (κ3) is 5.78. The van der Waals surface area contributed by atoms with Crippen LogP contribution in [0, 0.1) is 0 Å². The highest BCUT2D eigenvalue weighted by molar-refractivity contribution is 5.75. The molecule has 0 radical (unpaired) electrons. The average Bonchev–Trinajstić information content (AvgIpc) is 2.89. The smallest absolute Gasteiger partial charge is 0.254 e. The lowest BCUT2D eigenvalue weighted by atomic mass is 9.88. The first kappa shape index (κ1) is 23.0. The minimum Gasteiger partial charge on any atom is -0.497 e. The van der Waals surface area contributed by atoms with Gasteiger partial charge in [-0.3, -0.25) is 14.2 Å². The van der Waals surface area contributed by atoms with E-state index in [-0.39, 0.29) is 23.9 Å². The number of hydrogen-bond acceptors (Lipinski definition) is 4. The van der Waals surface area contributed by atoms with Crippen molar-refractivity contribution in [3.63, 3.8) is 0 Å². The van der Waals surface area contributed by atoms with Crippen molar-refractivity contribution in [1.29, 1.82) is 0 Å². The van der Waals surface area contributed by atoms with E-state index >= 15 is 0 Å². The second-order valence-corrected chi connectivity index (χ2v) is 7.98. The summed E-state index contributed by atoms with van der Waals surface area (Å²) in [5.41, 5.74) is 3.50. The molecule has 1 amide bonds. The number of hydrogen-bond donors (Lipinski definition) is 1. The van der Waals surface area contributed by atoms with Crippen LogP contribution in [-0.2, 0) is 11.3 Å². The van der Waals surface area contributed by atoms with E-state index in [9.17, 15) is 9.59 Å². The molecule has 0 saturated heterocycles. The van der Waals surface area contributed by atoms with Crippen LogP contribution in [0.5, 0.6) is 5.75 Å². The van der Waals surface area contributed by atoms with Crippen LogP contribution >= 0.6 is 0 Å². The Hall–Kier alpha value is -4.19. The van der Waals surface area contributed by atoms with E-state index < -0.39 is 0 Å². The van der Waals surface area contributed by atoms with Gasteiger partial charge >= 0.3 is 0 Å². The van der Waals surface area contributed by atoms with E-state index in [0.29, 0.717) is 12.2 Å². The Morgan fingerprint density at radius 3 is 2.12 bits per heavy atom. The highest BCUT2D eigenvalue weighted by Gasteiger charge is 2.14. The van der Waals surface area contributed by atoms with Gasteiger partial charge in [0.2, 0.25) is 5.91 Å². The van der Waals surface area contributed by atoms with Crippen molar-refractivity contribution in [3.05, 3.63) is 119 Å². The van der Waals surface area contributed by atoms with E-state index in [1.807, 2.05) is 60.7 Å². The molecule has 0 unspecified atom stereocenters. The van der Waals surface area contributed by atoms with Crippen molar-refractivity contribution >= 4 is 5.91 Å². The SMILES string of the molecule is COc1ccc(-c2cc(=O)n(CC(=O)NCCC(c3ccccc3)c3ccccc3)cn2)cc1. The number of carbonyl (C=O) groups is 1. The second kappa shape index (κ2) is 11.1. The first-order valence-electron chi connectivity index (χ1n) is 11.2. The molecule has 0 aliphatic heterocycles. The Bertz CT molecular complexity index is 1230. The van der Waals surface area contributed by atoms with E-state index in [1.54, 1.807) is 7.11 Å². The van der Waals surface area contributed by atoms with E-state index in [2.05, 4.69) is 34.6 Å². The number of nitrogens with one attached hydrogen (secondary N) is 1. The number of methoxy groups -OCH3 is 1. The molecule has 1 aromatic heterocycles. The summed E-state index contributed by atoms with van der Waals surface area (Å²) < 4.78 is 6.47. The predicted octanol–water partition coefficient (Wildman–Crippen LogP) is 4.26. The Labute approximate surface area is 198 Å². The van der Waals surface area contributed by atoms with E-state index in [0.717, 1.165) is 17.7 Å². The van der Waals surface area contributed by atoms with Crippen molar-refractivity contribution in [2.75, 3.05) is 13.7 Å². The number of benzene rings is 3. The van der Waals surface area contributed by atoms with Gasteiger partial charge in [-0.25, -0.2) is 4.98 Å². The van der Waals surface area contributed by atoms with Gasteiger partial charge in [-0.1, -0.05) is 60.7 Å². The summed E-state index contributed by atoms with van der Waals surface area (Å²) in [5.74, 6) is 0.687. The largest absolute Gasteiger partial charge is 0.497 e. The minimum atomic E-state index is -0.276. The fraction of sp³-hybridized carbons (Fsp3) is 0.179. The molecule has 0 bridgehead atoms.